The summed E-state index contributed by atoms with van der Waals surface area (Å²) in [6.45, 7) is 3.62. The summed E-state index contributed by atoms with van der Waals surface area (Å²) in [7, 11) is 0. The normalized spacial score (nSPS) is 15.2. The molecule has 0 fully saturated rings. The van der Waals surface area contributed by atoms with Crippen LogP contribution >= 0.6 is 0 Å². The number of ketones is 1. The minimum atomic E-state index is -4.61. The summed E-state index contributed by atoms with van der Waals surface area (Å²) >= 11 is 0. The van der Waals surface area contributed by atoms with E-state index in [1.807, 2.05) is 6.92 Å². The van der Waals surface area contributed by atoms with Gasteiger partial charge in [-0.1, -0.05) is 13.0 Å². The monoisotopic (exact) mass is 452 g/mol. The Morgan fingerprint density at radius 2 is 1.82 bits per heavy atom. The molecule has 0 spiro atoms. The lowest BCUT2D eigenvalue weighted by Gasteiger charge is -2.17. The number of alkyl halides is 3. The van der Waals surface area contributed by atoms with Crippen molar-refractivity contribution in [3.8, 4) is 0 Å². The van der Waals surface area contributed by atoms with Gasteiger partial charge >= 0.3 is 6.18 Å². The molecule has 0 bridgehead atoms. The van der Waals surface area contributed by atoms with Crippen molar-refractivity contribution in [2.75, 3.05) is 10.6 Å². The zero-order chi connectivity index (χ0) is 23.8. The molecule has 0 saturated carbocycles. The van der Waals surface area contributed by atoms with Gasteiger partial charge in [-0.2, -0.15) is 13.2 Å². The Labute approximate surface area is 187 Å². The molecule has 2 N–H and O–H groups in total. The average molecular weight is 452 g/mol. The molecule has 1 amide bonds. The summed E-state index contributed by atoms with van der Waals surface area (Å²) < 4.78 is 38.6. The Kier molecular flexibility index (Phi) is 5.71. The second kappa shape index (κ2) is 8.50. The molecular formula is C24H19F3N4O2. The van der Waals surface area contributed by atoms with Gasteiger partial charge in [0.25, 0.3) is 5.91 Å². The van der Waals surface area contributed by atoms with Crippen molar-refractivity contribution >= 4 is 40.7 Å². The number of Topliss-reactive ketones (excluding diaryl/α,β-unsaturated/α-hetero) is 1. The number of aromatic nitrogens is 1. The highest BCUT2D eigenvalue weighted by Gasteiger charge is 2.32. The van der Waals surface area contributed by atoms with E-state index in [0.29, 0.717) is 22.6 Å². The maximum absolute atomic E-state index is 12.9. The number of benzene rings is 2. The lowest BCUT2D eigenvalue weighted by atomic mass is 9.95. The summed E-state index contributed by atoms with van der Waals surface area (Å²) in [5, 5.41) is 5.67. The minimum Gasteiger partial charge on any atom is -0.355 e. The first-order valence-corrected chi connectivity index (χ1v) is 10.1. The number of carbonyl (C=O) groups is 2. The van der Waals surface area contributed by atoms with Crippen molar-refractivity contribution < 1.29 is 22.8 Å². The molecule has 1 aromatic heterocycles. The zero-order valence-electron chi connectivity index (χ0n) is 17.7. The van der Waals surface area contributed by atoms with Crippen LogP contribution in [0.3, 0.4) is 0 Å². The summed E-state index contributed by atoms with van der Waals surface area (Å²) in [6, 6.07) is 12.2. The third kappa shape index (κ3) is 4.77. The lowest BCUT2D eigenvalue weighted by Crippen LogP contribution is -2.16. The number of hydrogen-bond acceptors (Lipinski definition) is 5. The zero-order valence-corrected chi connectivity index (χ0v) is 17.7. The van der Waals surface area contributed by atoms with Gasteiger partial charge in [0.1, 0.15) is 5.69 Å². The summed E-state index contributed by atoms with van der Waals surface area (Å²) in [6.07, 6.45) is -2.01. The van der Waals surface area contributed by atoms with E-state index in [1.54, 1.807) is 49.5 Å². The number of hydrogen-bond donors (Lipinski definition) is 2. The molecule has 0 saturated heterocycles. The van der Waals surface area contributed by atoms with Crippen molar-refractivity contribution in [1.29, 1.82) is 0 Å². The number of pyridine rings is 1. The van der Waals surface area contributed by atoms with E-state index in [-0.39, 0.29) is 23.0 Å². The number of nitrogens with zero attached hydrogens (tertiary/aromatic N) is 2. The Balaban J connectivity index is 1.56. The largest absolute Gasteiger partial charge is 0.433 e. The number of fused-ring (bicyclic) bond motifs is 1. The first-order valence-electron chi connectivity index (χ1n) is 10.1. The van der Waals surface area contributed by atoms with Gasteiger partial charge in [-0.3, -0.25) is 19.6 Å². The fraction of sp³-hybridized carbons (Fsp3) is 0.167. The third-order valence-corrected chi connectivity index (χ3v) is 5.20. The molecule has 1 unspecified atom stereocenters. The molecule has 33 heavy (non-hydrogen) atoms. The molecule has 1 aliphatic rings. The van der Waals surface area contributed by atoms with Gasteiger partial charge in [-0.15, -0.1) is 0 Å². The van der Waals surface area contributed by atoms with E-state index < -0.39 is 17.8 Å². The van der Waals surface area contributed by atoms with E-state index in [4.69, 9.17) is 0 Å². The number of carbonyl (C=O) groups excluding carboxylic acids is 2. The van der Waals surface area contributed by atoms with Gasteiger partial charge in [0.05, 0.1) is 11.6 Å². The van der Waals surface area contributed by atoms with Gasteiger partial charge in [0.2, 0.25) is 0 Å². The SMILES string of the molecule is Cc1ccc(C(=O)Nc2ccnc(C(F)(F)F)c2)cc1Nc1ccc2c(c1)C(=O)C(C)C=N2. The number of anilines is 3. The van der Waals surface area contributed by atoms with Crippen LogP contribution in [0.5, 0.6) is 0 Å². The van der Waals surface area contributed by atoms with Gasteiger partial charge in [0, 0.05) is 40.6 Å². The fourth-order valence-electron chi connectivity index (χ4n) is 3.35. The second-order valence-electron chi connectivity index (χ2n) is 7.70. The topological polar surface area (TPSA) is 83.5 Å². The molecule has 0 aliphatic carbocycles. The molecule has 9 heteroatoms. The van der Waals surface area contributed by atoms with Crippen LogP contribution in [0.1, 0.15) is 38.9 Å². The predicted octanol–water partition coefficient (Wildman–Crippen LogP) is 5.94. The quantitative estimate of drug-likeness (QED) is 0.513. The number of aliphatic imine (C=N–C) groups is 1. The molecule has 4 rings (SSSR count). The van der Waals surface area contributed by atoms with E-state index in [1.165, 1.54) is 6.07 Å². The molecule has 2 heterocycles. The number of nitrogens with one attached hydrogen (secondary N) is 2. The van der Waals surface area contributed by atoms with Crippen LogP contribution in [0, 0.1) is 12.8 Å². The van der Waals surface area contributed by atoms with Crippen molar-refractivity contribution in [3.05, 3.63) is 77.1 Å². The second-order valence-corrected chi connectivity index (χ2v) is 7.70. The number of halogens is 3. The van der Waals surface area contributed by atoms with Gasteiger partial charge in [-0.25, -0.2) is 0 Å². The van der Waals surface area contributed by atoms with Gasteiger partial charge in [0.15, 0.2) is 5.78 Å². The van der Waals surface area contributed by atoms with Gasteiger partial charge < -0.3 is 10.6 Å². The van der Waals surface area contributed by atoms with Crippen molar-refractivity contribution in [1.82, 2.24) is 4.98 Å². The Morgan fingerprint density at radius 1 is 1.03 bits per heavy atom. The predicted molar refractivity (Wildman–Crippen MR) is 120 cm³/mol. The van der Waals surface area contributed by atoms with Crippen LogP contribution in [-0.2, 0) is 6.18 Å². The van der Waals surface area contributed by atoms with E-state index >= 15 is 0 Å². The summed E-state index contributed by atoms with van der Waals surface area (Å²) in [5.74, 6) is -0.891. The standard InChI is InChI=1S/C24H19F3N4O2/c1-13-3-4-15(23(33)31-17-7-8-28-21(11-17)24(25,26)27)9-20(13)30-16-5-6-19-18(10-16)22(32)14(2)12-29-19/h3-12,14,30H,1-2H3,(H,28,31,33). The first kappa shape index (κ1) is 22.2. The summed E-state index contributed by atoms with van der Waals surface area (Å²) in [4.78, 5) is 32.7. The molecule has 2 aromatic carbocycles. The smallest absolute Gasteiger partial charge is 0.355 e. The average Bonchev–Trinajstić information content (AvgIpc) is 2.77. The minimum absolute atomic E-state index is 0.0136. The number of aryl methyl sites for hydroxylation is 1. The molecule has 1 atom stereocenters. The van der Waals surface area contributed by atoms with Crippen molar-refractivity contribution in [2.45, 2.75) is 20.0 Å². The van der Waals surface area contributed by atoms with Crippen LogP contribution in [0.4, 0.5) is 35.9 Å². The maximum atomic E-state index is 12.9. The molecular weight excluding hydrogens is 433 g/mol. The number of rotatable bonds is 4. The third-order valence-electron chi connectivity index (χ3n) is 5.20. The van der Waals surface area contributed by atoms with Crippen LogP contribution in [-0.4, -0.2) is 22.9 Å². The highest BCUT2D eigenvalue weighted by molar-refractivity contribution is 6.12. The van der Waals surface area contributed by atoms with E-state index in [2.05, 4.69) is 20.6 Å². The molecule has 168 valence electrons. The fourth-order valence-corrected chi connectivity index (χ4v) is 3.35. The van der Waals surface area contributed by atoms with Crippen LogP contribution in [0.2, 0.25) is 0 Å². The number of amides is 1. The molecule has 3 aromatic rings. The highest BCUT2D eigenvalue weighted by Crippen LogP contribution is 2.31. The van der Waals surface area contributed by atoms with Crippen LogP contribution < -0.4 is 10.6 Å². The Morgan fingerprint density at radius 3 is 2.58 bits per heavy atom. The summed E-state index contributed by atoms with van der Waals surface area (Å²) in [5.41, 5.74) is 2.37. The van der Waals surface area contributed by atoms with Crippen molar-refractivity contribution in [2.24, 2.45) is 10.9 Å². The highest BCUT2D eigenvalue weighted by atomic mass is 19.4. The molecule has 0 radical (unpaired) electrons. The van der Waals surface area contributed by atoms with Crippen molar-refractivity contribution in [3.63, 3.8) is 0 Å². The first-order chi connectivity index (χ1) is 15.6. The van der Waals surface area contributed by atoms with Crippen LogP contribution in [0.15, 0.2) is 59.7 Å². The Bertz CT molecular complexity index is 1280. The lowest BCUT2D eigenvalue weighted by molar-refractivity contribution is -0.141. The van der Waals surface area contributed by atoms with Crippen LogP contribution in [0.25, 0.3) is 0 Å². The van der Waals surface area contributed by atoms with E-state index in [9.17, 15) is 22.8 Å². The Hall–Kier alpha value is -4.01. The molecule has 1 aliphatic heterocycles. The van der Waals surface area contributed by atoms with Gasteiger partial charge in [-0.05, 0) is 55.0 Å². The molecule has 6 nitrogen and oxygen atoms in total. The maximum Gasteiger partial charge on any atom is 0.433 e. The van der Waals surface area contributed by atoms with E-state index in [0.717, 1.165) is 17.8 Å².